The van der Waals surface area contributed by atoms with Gasteiger partial charge in [-0.1, -0.05) is 12.1 Å². The maximum atomic E-state index is 11.1. The highest BCUT2D eigenvalue weighted by atomic mass is 32.1. The second kappa shape index (κ2) is 7.55. The maximum Gasteiger partial charge on any atom is 0.276 e. The first kappa shape index (κ1) is 17.9. The van der Waals surface area contributed by atoms with Crippen LogP contribution in [0, 0.1) is 31.6 Å². The Labute approximate surface area is 157 Å². The van der Waals surface area contributed by atoms with Crippen LogP contribution in [0.1, 0.15) is 10.6 Å². The molecule has 0 aliphatic rings. The number of para-hydroxylation sites is 1. The van der Waals surface area contributed by atoms with E-state index in [2.05, 4.69) is 4.98 Å². The van der Waals surface area contributed by atoms with Gasteiger partial charge >= 0.3 is 0 Å². The summed E-state index contributed by atoms with van der Waals surface area (Å²) in [6.07, 6.45) is 1.43. The van der Waals surface area contributed by atoms with Crippen LogP contribution < -0.4 is 0 Å². The number of nitriles is 1. The number of nitro groups is 2. The first-order chi connectivity index (χ1) is 13.0. The van der Waals surface area contributed by atoms with Gasteiger partial charge < -0.3 is 0 Å². The monoisotopic (exact) mass is 378 g/mol. The van der Waals surface area contributed by atoms with Gasteiger partial charge in [0.05, 0.1) is 26.7 Å². The zero-order chi connectivity index (χ0) is 19.4. The van der Waals surface area contributed by atoms with Gasteiger partial charge in [0.25, 0.3) is 11.4 Å². The Morgan fingerprint density at radius 2 is 1.78 bits per heavy atom. The van der Waals surface area contributed by atoms with Crippen molar-refractivity contribution in [3.05, 3.63) is 84.7 Å². The molecule has 8 nitrogen and oxygen atoms in total. The van der Waals surface area contributed by atoms with Crippen LogP contribution in [0.5, 0.6) is 0 Å². The predicted molar refractivity (Wildman–Crippen MR) is 101 cm³/mol. The Kier molecular flexibility index (Phi) is 5.01. The highest BCUT2D eigenvalue weighted by Crippen LogP contribution is 2.29. The van der Waals surface area contributed by atoms with Crippen LogP contribution >= 0.6 is 11.3 Å². The summed E-state index contributed by atoms with van der Waals surface area (Å²) in [5.74, 6) is 0. The van der Waals surface area contributed by atoms with Crippen LogP contribution in [0.2, 0.25) is 0 Å². The molecule has 0 aliphatic heterocycles. The van der Waals surface area contributed by atoms with E-state index in [-0.39, 0.29) is 16.9 Å². The van der Waals surface area contributed by atoms with Gasteiger partial charge in [-0.05, 0) is 24.3 Å². The van der Waals surface area contributed by atoms with Crippen molar-refractivity contribution >= 4 is 34.4 Å². The van der Waals surface area contributed by atoms with Gasteiger partial charge in [0.15, 0.2) is 0 Å². The van der Waals surface area contributed by atoms with Crippen LogP contribution in [0.4, 0.5) is 11.4 Å². The van der Waals surface area contributed by atoms with Crippen LogP contribution in [0.3, 0.4) is 0 Å². The molecule has 0 radical (unpaired) electrons. The first-order valence-electron chi connectivity index (χ1n) is 7.55. The molecule has 1 aromatic heterocycles. The average Bonchev–Trinajstić information content (AvgIpc) is 3.16. The number of nitrogens with zero attached hydrogens (tertiary/aromatic N) is 4. The molecule has 1 heterocycles. The third kappa shape index (κ3) is 3.86. The molecule has 0 amide bonds. The normalized spacial score (nSPS) is 11.0. The molecule has 3 rings (SSSR count). The Morgan fingerprint density at radius 1 is 1.07 bits per heavy atom. The molecular weight excluding hydrogens is 368 g/mol. The van der Waals surface area contributed by atoms with Gasteiger partial charge in [0.1, 0.15) is 11.1 Å². The lowest BCUT2D eigenvalue weighted by molar-refractivity contribution is -0.385. The quantitative estimate of drug-likeness (QED) is 0.360. The van der Waals surface area contributed by atoms with Gasteiger partial charge in [0, 0.05) is 29.1 Å². The number of allylic oxidation sites excluding steroid dienone is 1. The van der Waals surface area contributed by atoms with Crippen molar-refractivity contribution in [1.82, 2.24) is 4.98 Å². The Morgan fingerprint density at radius 3 is 2.41 bits per heavy atom. The molecule has 0 N–H and O–H groups in total. The van der Waals surface area contributed by atoms with Crippen molar-refractivity contribution in [2.75, 3.05) is 0 Å². The minimum absolute atomic E-state index is 0.0248. The van der Waals surface area contributed by atoms with Gasteiger partial charge in [-0.3, -0.25) is 20.2 Å². The Bertz CT molecular complexity index is 1100. The van der Waals surface area contributed by atoms with Gasteiger partial charge in [0.2, 0.25) is 0 Å². The summed E-state index contributed by atoms with van der Waals surface area (Å²) >= 11 is 1.22. The largest absolute Gasteiger partial charge is 0.276 e. The standard InChI is InChI=1S/C18H10N4O4S/c19-10-14(9-13-3-1-2-4-17(13)22(25)26)18-20-16(11-27-18)12-5-7-15(8-6-12)21(23)24/h1-9,11H/b14-9+. The molecule has 0 atom stereocenters. The van der Waals surface area contributed by atoms with E-state index in [1.54, 1.807) is 35.7 Å². The van der Waals surface area contributed by atoms with E-state index in [4.69, 9.17) is 0 Å². The predicted octanol–water partition coefficient (Wildman–Crippen LogP) is 4.69. The van der Waals surface area contributed by atoms with E-state index in [1.165, 1.54) is 35.6 Å². The lowest BCUT2D eigenvalue weighted by Crippen LogP contribution is -1.91. The van der Waals surface area contributed by atoms with Gasteiger partial charge in [-0.15, -0.1) is 11.3 Å². The fourth-order valence-electron chi connectivity index (χ4n) is 2.36. The summed E-state index contributed by atoms with van der Waals surface area (Å²) in [6.45, 7) is 0. The van der Waals surface area contributed by atoms with Crippen molar-refractivity contribution < 1.29 is 9.85 Å². The molecule has 0 aliphatic carbocycles. The number of nitro benzene ring substituents is 2. The Balaban J connectivity index is 1.96. The topological polar surface area (TPSA) is 123 Å². The molecular formula is C18H10N4O4S. The van der Waals surface area contributed by atoms with Crippen LogP contribution in [-0.2, 0) is 0 Å². The van der Waals surface area contributed by atoms with Crippen LogP contribution in [0.25, 0.3) is 22.9 Å². The van der Waals surface area contributed by atoms with E-state index in [9.17, 15) is 25.5 Å². The second-order valence-corrected chi connectivity index (χ2v) is 6.19. The van der Waals surface area contributed by atoms with Crippen molar-refractivity contribution in [1.29, 1.82) is 5.26 Å². The molecule has 132 valence electrons. The van der Waals surface area contributed by atoms with Crippen molar-refractivity contribution in [2.24, 2.45) is 0 Å². The number of benzene rings is 2. The number of hydrogen-bond acceptors (Lipinski definition) is 7. The molecule has 27 heavy (non-hydrogen) atoms. The van der Waals surface area contributed by atoms with Crippen LogP contribution in [-0.4, -0.2) is 14.8 Å². The summed E-state index contributed by atoms with van der Waals surface area (Å²) in [7, 11) is 0. The van der Waals surface area contributed by atoms with Gasteiger partial charge in [-0.25, -0.2) is 4.98 Å². The third-order valence-electron chi connectivity index (χ3n) is 3.66. The summed E-state index contributed by atoms with van der Waals surface area (Å²) in [5.41, 5.74) is 1.62. The van der Waals surface area contributed by atoms with E-state index in [1.807, 2.05) is 6.07 Å². The lowest BCUT2D eigenvalue weighted by atomic mass is 10.1. The number of aromatic nitrogens is 1. The Hall–Kier alpha value is -3.90. The zero-order valence-corrected chi connectivity index (χ0v) is 14.4. The second-order valence-electron chi connectivity index (χ2n) is 5.33. The highest BCUT2D eigenvalue weighted by Gasteiger charge is 2.14. The van der Waals surface area contributed by atoms with Crippen molar-refractivity contribution in [3.8, 4) is 17.3 Å². The minimum Gasteiger partial charge on any atom is -0.258 e. The molecule has 9 heteroatoms. The SMILES string of the molecule is N#C/C(=C\c1ccccc1[N+](=O)[O-])c1nc(-c2ccc([N+](=O)[O-])cc2)cs1. The highest BCUT2D eigenvalue weighted by molar-refractivity contribution is 7.11. The fraction of sp³-hybridized carbons (Fsp3) is 0. The average molecular weight is 378 g/mol. The van der Waals surface area contributed by atoms with E-state index in [0.717, 1.165) is 0 Å². The van der Waals surface area contributed by atoms with Crippen LogP contribution in [0.15, 0.2) is 53.9 Å². The van der Waals surface area contributed by atoms with Crippen molar-refractivity contribution in [2.45, 2.75) is 0 Å². The number of thiazole rings is 1. The van der Waals surface area contributed by atoms with E-state index in [0.29, 0.717) is 21.8 Å². The molecule has 0 fully saturated rings. The smallest absolute Gasteiger partial charge is 0.258 e. The molecule has 0 saturated heterocycles. The molecule has 2 aromatic carbocycles. The number of hydrogen-bond donors (Lipinski definition) is 0. The molecule has 0 unspecified atom stereocenters. The lowest BCUT2D eigenvalue weighted by Gasteiger charge is -1.98. The number of non-ortho nitro benzene ring substituents is 1. The first-order valence-corrected chi connectivity index (χ1v) is 8.43. The number of rotatable bonds is 5. The van der Waals surface area contributed by atoms with E-state index < -0.39 is 9.85 Å². The van der Waals surface area contributed by atoms with E-state index >= 15 is 0 Å². The van der Waals surface area contributed by atoms with Gasteiger partial charge in [-0.2, -0.15) is 5.26 Å². The molecule has 3 aromatic rings. The molecule has 0 bridgehead atoms. The summed E-state index contributed by atoms with van der Waals surface area (Å²) in [5, 5.41) is 33.4. The molecule has 0 spiro atoms. The fourth-order valence-corrected chi connectivity index (χ4v) is 3.15. The summed E-state index contributed by atoms with van der Waals surface area (Å²) in [4.78, 5) is 25.2. The maximum absolute atomic E-state index is 11.1. The summed E-state index contributed by atoms with van der Waals surface area (Å²) < 4.78 is 0. The van der Waals surface area contributed by atoms with Crippen molar-refractivity contribution in [3.63, 3.8) is 0 Å². The molecule has 0 saturated carbocycles. The summed E-state index contributed by atoms with van der Waals surface area (Å²) in [6, 6.07) is 14.1. The zero-order valence-electron chi connectivity index (χ0n) is 13.6. The minimum atomic E-state index is -0.509. The third-order valence-corrected chi connectivity index (χ3v) is 4.54.